The lowest BCUT2D eigenvalue weighted by molar-refractivity contribution is 0.332. The lowest BCUT2D eigenvalue weighted by Crippen LogP contribution is -2.61. The first kappa shape index (κ1) is 40.4. The van der Waals surface area contributed by atoms with Crippen LogP contribution in [-0.2, 0) is 27.1 Å². The Morgan fingerprint density at radius 2 is 1.18 bits per heavy atom. The van der Waals surface area contributed by atoms with E-state index in [1.807, 2.05) is 0 Å². The normalized spacial score (nSPS) is 19.5. The van der Waals surface area contributed by atoms with Gasteiger partial charge in [0.2, 0.25) is 0 Å². The molecule has 2 aliphatic carbocycles. The number of hydrogen-bond acceptors (Lipinski definition) is 3. The van der Waals surface area contributed by atoms with Crippen LogP contribution in [0, 0.1) is 6.92 Å². The molecule has 0 saturated carbocycles. The van der Waals surface area contributed by atoms with Gasteiger partial charge in [-0.25, -0.2) is 0 Å². The number of fused-ring (bicyclic) bond motifs is 8. The van der Waals surface area contributed by atoms with E-state index in [0.29, 0.717) is 5.92 Å². The third-order valence-corrected chi connectivity index (χ3v) is 16.1. The summed E-state index contributed by atoms with van der Waals surface area (Å²) in [6.07, 6.45) is 5.84. The largest absolute Gasteiger partial charge is 0.468 e. The van der Waals surface area contributed by atoms with Gasteiger partial charge in [-0.05, 0) is 176 Å². The molecule has 4 aliphatic rings. The first-order chi connectivity index (χ1) is 28.6. The molecule has 3 nitrogen and oxygen atoms in total. The summed E-state index contributed by atoms with van der Waals surface area (Å²) in [4.78, 5) is 5.21. The van der Waals surface area contributed by atoms with Crippen molar-refractivity contribution in [2.75, 3.05) is 9.80 Å². The number of anilines is 6. The third kappa shape index (κ3) is 6.04. The highest BCUT2D eigenvalue weighted by molar-refractivity contribution is 7.00. The average Bonchev–Trinajstić information content (AvgIpc) is 3.58. The molecule has 0 radical (unpaired) electrons. The maximum absolute atomic E-state index is 7.37. The van der Waals surface area contributed by atoms with Gasteiger partial charge in [0.05, 0.1) is 11.3 Å². The van der Waals surface area contributed by atoms with Crippen LogP contribution in [0.4, 0.5) is 34.1 Å². The van der Waals surface area contributed by atoms with E-state index < -0.39 is 0 Å². The van der Waals surface area contributed by atoms with Gasteiger partial charge >= 0.3 is 0 Å². The maximum Gasteiger partial charge on any atom is 0.297 e. The van der Waals surface area contributed by atoms with Crippen LogP contribution in [-0.4, -0.2) is 6.71 Å². The van der Waals surface area contributed by atoms with Crippen LogP contribution in [0.5, 0.6) is 0 Å². The minimum Gasteiger partial charge on any atom is -0.468 e. The van der Waals surface area contributed by atoms with Crippen LogP contribution in [0.1, 0.15) is 167 Å². The zero-order valence-electron chi connectivity index (χ0n) is 39.6. The van der Waals surface area contributed by atoms with Crippen LogP contribution in [0.3, 0.4) is 0 Å². The second-order valence-corrected chi connectivity index (χ2v) is 23.2. The highest BCUT2D eigenvalue weighted by atomic mass is 16.3. The van der Waals surface area contributed by atoms with Gasteiger partial charge in [-0.3, -0.25) is 0 Å². The summed E-state index contributed by atoms with van der Waals surface area (Å²) in [6.45, 7) is 33.5. The summed E-state index contributed by atoms with van der Waals surface area (Å²) < 4.78 is 7.37. The van der Waals surface area contributed by atoms with Crippen molar-refractivity contribution in [3.05, 3.63) is 124 Å². The van der Waals surface area contributed by atoms with E-state index in [1.165, 1.54) is 115 Å². The van der Waals surface area contributed by atoms with Gasteiger partial charge in [0.25, 0.3) is 6.71 Å². The molecule has 1 aromatic heterocycles. The standard InChI is InChI=1S/C57H67BN2O/c1-15-35(3)36-16-19-38(20-17-36)60-48-29-34(2)28-47-50(48)58(52-51(60)40-30-37(53(4,5)6)18-23-49(40)61-52)45-32-43-44(57(13,14)27-26-56(43,11)12)33-46(45)59(47)39-21-22-41-42(31-39)55(9,10)25-24-54(41,7)8/h16-23,28-33,35H,15,24-27H2,1-14H3. The van der Waals surface area contributed by atoms with Gasteiger partial charge in [0, 0.05) is 33.8 Å². The van der Waals surface area contributed by atoms with Gasteiger partial charge in [-0.2, -0.15) is 0 Å². The van der Waals surface area contributed by atoms with Crippen LogP contribution >= 0.6 is 0 Å². The first-order valence-corrected chi connectivity index (χ1v) is 23.4. The molecule has 0 spiro atoms. The van der Waals surface area contributed by atoms with E-state index in [-0.39, 0.29) is 33.8 Å². The number of rotatable bonds is 4. The molecule has 0 amide bonds. The van der Waals surface area contributed by atoms with E-state index in [4.69, 9.17) is 4.42 Å². The molecule has 314 valence electrons. The molecule has 0 bridgehead atoms. The van der Waals surface area contributed by atoms with E-state index in [2.05, 4.69) is 192 Å². The van der Waals surface area contributed by atoms with Crippen LogP contribution < -0.4 is 26.4 Å². The van der Waals surface area contributed by atoms with Crippen molar-refractivity contribution in [1.82, 2.24) is 0 Å². The fourth-order valence-electron chi connectivity index (χ4n) is 11.6. The Labute approximate surface area is 367 Å². The predicted octanol–water partition coefficient (Wildman–Crippen LogP) is 14.3. The van der Waals surface area contributed by atoms with Crippen LogP contribution in [0.2, 0.25) is 0 Å². The summed E-state index contributed by atoms with van der Waals surface area (Å²) in [5.41, 5.74) is 22.3. The number of nitrogens with zero attached hydrogens (tertiary/aromatic N) is 2. The third-order valence-electron chi connectivity index (χ3n) is 16.1. The highest BCUT2D eigenvalue weighted by Gasteiger charge is 2.49. The van der Waals surface area contributed by atoms with Gasteiger partial charge in [-0.1, -0.05) is 120 Å². The molecule has 10 rings (SSSR count). The van der Waals surface area contributed by atoms with Crippen molar-refractivity contribution in [3.8, 4) is 0 Å². The molecule has 1 unspecified atom stereocenters. The van der Waals surface area contributed by atoms with E-state index in [1.54, 1.807) is 0 Å². The molecule has 1 atom stereocenters. The van der Waals surface area contributed by atoms with Crippen molar-refractivity contribution in [2.24, 2.45) is 0 Å². The summed E-state index contributed by atoms with van der Waals surface area (Å²) in [7, 11) is 0. The van der Waals surface area contributed by atoms with Gasteiger partial charge in [0.15, 0.2) is 0 Å². The topological polar surface area (TPSA) is 19.6 Å². The second-order valence-electron chi connectivity index (χ2n) is 23.2. The van der Waals surface area contributed by atoms with Crippen LogP contribution in [0.15, 0.2) is 89.3 Å². The van der Waals surface area contributed by atoms with E-state index >= 15 is 0 Å². The zero-order valence-corrected chi connectivity index (χ0v) is 39.6. The molecular formula is C57H67BN2O. The summed E-state index contributed by atoms with van der Waals surface area (Å²) in [5, 5.41) is 1.19. The minimum atomic E-state index is -0.0767. The van der Waals surface area contributed by atoms with Crippen molar-refractivity contribution in [2.45, 2.75) is 162 Å². The molecule has 3 heterocycles. The Morgan fingerprint density at radius 3 is 1.79 bits per heavy atom. The molecule has 61 heavy (non-hydrogen) atoms. The molecule has 4 heteroatoms. The lowest BCUT2D eigenvalue weighted by atomic mass is 9.35. The molecule has 6 aromatic rings. The quantitative estimate of drug-likeness (QED) is 0.165. The van der Waals surface area contributed by atoms with E-state index in [9.17, 15) is 0 Å². The number of hydrogen-bond donors (Lipinski definition) is 0. The smallest absolute Gasteiger partial charge is 0.297 e. The molecule has 0 fully saturated rings. The van der Waals surface area contributed by atoms with Crippen molar-refractivity contribution < 1.29 is 4.42 Å². The summed E-state index contributed by atoms with van der Waals surface area (Å²) in [5.74, 6) is 0.503. The molecule has 0 saturated heterocycles. The van der Waals surface area contributed by atoms with Crippen molar-refractivity contribution in [1.29, 1.82) is 0 Å². The Kier molecular flexibility index (Phi) is 8.71. The van der Waals surface area contributed by atoms with Crippen LogP contribution in [0.25, 0.3) is 11.0 Å². The maximum atomic E-state index is 7.37. The lowest BCUT2D eigenvalue weighted by Gasteiger charge is -2.47. The predicted molar refractivity (Wildman–Crippen MR) is 263 cm³/mol. The Hall–Kier alpha value is -4.70. The zero-order chi connectivity index (χ0) is 43.3. The molecule has 0 N–H and O–H groups in total. The van der Waals surface area contributed by atoms with E-state index in [0.717, 1.165) is 17.7 Å². The Morgan fingerprint density at radius 1 is 0.623 bits per heavy atom. The SMILES string of the molecule is CCC(C)c1ccc(N2c3cc(C)cc4c3B(c3cc5c(cc3N4c3ccc4c(c3)C(C)(C)CCC4(C)C)C(C)(C)CCC5(C)C)c3oc4ccc(C(C)(C)C)cc4c32)cc1. The highest BCUT2D eigenvalue weighted by Crippen LogP contribution is 2.53. The number of aryl methyl sites for hydroxylation is 1. The second kappa shape index (κ2) is 13.2. The minimum absolute atomic E-state index is 0.00844. The van der Waals surface area contributed by atoms with Crippen molar-refractivity contribution in [3.63, 3.8) is 0 Å². The Bertz CT molecular complexity index is 2770. The number of furan rings is 1. The molecule has 5 aromatic carbocycles. The van der Waals surface area contributed by atoms with Gasteiger partial charge < -0.3 is 14.2 Å². The first-order valence-electron chi connectivity index (χ1n) is 23.4. The van der Waals surface area contributed by atoms with Crippen molar-refractivity contribution >= 4 is 68.4 Å². The Balaban J connectivity index is 1.32. The number of benzene rings is 5. The average molecular weight is 807 g/mol. The molecular weight excluding hydrogens is 739 g/mol. The fourth-order valence-corrected chi connectivity index (χ4v) is 11.6. The van der Waals surface area contributed by atoms with Gasteiger partial charge in [0.1, 0.15) is 5.58 Å². The fraction of sp³-hybridized carbons (Fsp3) is 0.439. The summed E-state index contributed by atoms with van der Waals surface area (Å²) >= 11 is 0. The summed E-state index contributed by atoms with van der Waals surface area (Å²) in [6, 6.07) is 34.0. The molecule has 2 aliphatic heterocycles. The monoisotopic (exact) mass is 807 g/mol. The van der Waals surface area contributed by atoms with Gasteiger partial charge in [-0.15, -0.1) is 0 Å².